The molecule has 0 heterocycles. The molecular formula is C13H13F3N2O2. The van der Waals surface area contributed by atoms with E-state index in [4.69, 9.17) is 5.26 Å². The predicted molar refractivity (Wildman–Crippen MR) is 66.2 cm³/mol. The van der Waals surface area contributed by atoms with E-state index in [2.05, 4.69) is 10.1 Å². The number of carbonyl (C=O) groups is 1. The third kappa shape index (κ3) is 4.80. The molecular weight excluding hydrogens is 273 g/mol. The lowest BCUT2D eigenvalue weighted by Gasteiger charge is -2.12. The van der Waals surface area contributed by atoms with E-state index < -0.39 is 12.8 Å². The largest absolute Gasteiger partial charge is 0.483 e. The average Bonchev–Trinajstić information content (AvgIpc) is 2.35. The summed E-state index contributed by atoms with van der Waals surface area (Å²) in [5, 5.41) is 11.4. The number of halogens is 3. The van der Waals surface area contributed by atoms with Gasteiger partial charge >= 0.3 is 6.18 Å². The van der Waals surface area contributed by atoms with E-state index in [1.165, 1.54) is 18.2 Å². The molecule has 1 rings (SSSR count). The lowest BCUT2D eigenvalue weighted by Crippen LogP contribution is -2.20. The maximum Gasteiger partial charge on any atom is 0.422 e. The molecule has 0 saturated carbocycles. The smallest absolute Gasteiger partial charge is 0.422 e. The molecule has 1 N–H and O–H groups in total. The third-order valence-electron chi connectivity index (χ3n) is 2.28. The summed E-state index contributed by atoms with van der Waals surface area (Å²) in [6, 6.07) is 5.61. The SMILES string of the molecule is CC(C)C(=O)Nc1ccc(OCC(F)(F)F)c(C#N)c1. The van der Waals surface area contributed by atoms with Crippen LogP contribution in [0.1, 0.15) is 19.4 Å². The van der Waals surface area contributed by atoms with E-state index in [0.717, 1.165) is 0 Å². The summed E-state index contributed by atoms with van der Waals surface area (Å²) < 4.78 is 40.7. The summed E-state index contributed by atoms with van der Waals surface area (Å²) in [7, 11) is 0. The molecule has 108 valence electrons. The Kier molecular flexibility index (Phi) is 4.97. The quantitative estimate of drug-likeness (QED) is 0.925. The number of nitrogens with zero attached hydrogens (tertiary/aromatic N) is 1. The molecule has 7 heteroatoms. The van der Waals surface area contributed by atoms with Crippen molar-refractivity contribution in [2.45, 2.75) is 20.0 Å². The van der Waals surface area contributed by atoms with Gasteiger partial charge in [0.05, 0.1) is 5.56 Å². The molecule has 1 aromatic carbocycles. The first-order valence-electron chi connectivity index (χ1n) is 5.77. The van der Waals surface area contributed by atoms with Crippen molar-refractivity contribution in [3.63, 3.8) is 0 Å². The number of anilines is 1. The highest BCUT2D eigenvalue weighted by Gasteiger charge is 2.28. The fourth-order valence-corrected chi connectivity index (χ4v) is 1.27. The van der Waals surface area contributed by atoms with E-state index in [1.54, 1.807) is 19.9 Å². The number of nitrogens with one attached hydrogen (secondary N) is 1. The van der Waals surface area contributed by atoms with Crippen LogP contribution < -0.4 is 10.1 Å². The summed E-state index contributed by atoms with van der Waals surface area (Å²) in [6.45, 7) is 1.92. The van der Waals surface area contributed by atoms with Crippen LogP contribution in [0.25, 0.3) is 0 Å². The lowest BCUT2D eigenvalue weighted by molar-refractivity contribution is -0.153. The third-order valence-corrected chi connectivity index (χ3v) is 2.28. The van der Waals surface area contributed by atoms with Crippen molar-refractivity contribution >= 4 is 11.6 Å². The maximum atomic E-state index is 12.1. The summed E-state index contributed by atoms with van der Waals surface area (Å²) in [4.78, 5) is 11.5. The molecule has 0 saturated heterocycles. The number of hydrogen-bond acceptors (Lipinski definition) is 3. The summed E-state index contributed by atoms with van der Waals surface area (Å²) in [5.41, 5.74) is 0.260. The fourth-order valence-electron chi connectivity index (χ4n) is 1.27. The van der Waals surface area contributed by atoms with Crippen molar-refractivity contribution in [2.24, 2.45) is 5.92 Å². The molecule has 0 unspecified atom stereocenters. The summed E-state index contributed by atoms with van der Waals surface area (Å²) in [5.74, 6) is -0.674. The minimum atomic E-state index is -4.47. The predicted octanol–water partition coefficient (Wildman–Crippen LogP) is 3.09. The van der Waals surface area contributed by atoms with Crippen molar-refractivity contribution in [2.75, 3.05) is 11.9 Å². The highest BCUT2D eigenvalue weighted by molar-refractivity contribution is 5.92. The second kappa shape index (κ2) is 6.28. The Morgan fingerprint density at radius 3 is 2.60 bits per heavy atom. The van der Waals surface area contributed by atoms with Gasteiger partial charge in [0.2, 0.25) is 5.91 Å². The van der Waals surface area contributed by atoms with Gasteiger partial charge in [-0.05, 0) is 18.2 Å². The van der Waals surface area contributed by atoms with Gasteiger partial charge in [0, 0.05) is 11.6 Å². The molecule has 20 heavy (non-hydrogen) atoms. The van der Waals surface area contributed by atoms with E-state index in [0.29, 0.717) is 5.69 Å². The number of benzene rings is 1. The zero-order valence-electron chi connectivity index (χ0n) is 10.9. The lowest BCUT2D eigenvalue weighted by atomic mass is 10.1. The van der Waals surface area contributed by atoms with E-state index >= 15 is 0 Å². The molecule has 0 fully saturated rings. The zero-order valence-corrected chi connectivity index (χ0v) is 10.9. The van der Waals surface area contributed by atoms with Crippen LogP contribution >= 0.6 is 0 Å². The first-order valence-corrected chi connectivity index (χ1v) is 5.77. The van der Waals surface area contributed by atoms with Crippen LogP contribution in [0, 0.1) is 17.2 Å². The number of nitriles is 1. The summed E-state index contributed by atoms with van der Waals surface area (Å²) in [6.07, 6.45) is -4.47. The first kappa shape index (κ1) is 15.8. The van der Waals surface area contributed by atoms with Crippen molar-refractivity contribution in [3.8, 4) is 11.8 Å². The molecule has 0 aliphatic heterocycles. The second-order valence-electron chi connectivity index (χ2n) is 4.37. The molecule has 4 nitrogen and oxygen atoms in total. The molecule has 0 aliphatic carbocycles. The number of carbonyl (C=O) groups excluding carboxylic acids is 1. The van der Waals surface area contributed by atoms with Gasteiger partial charge in [0.25, 0.3) is 0 Å². The number of ether oxygens (including phenoxy) is 1. The van der Waals surface area contributed by atoms with Crippen molar-refractivity contribution in [1.29, 1.82) is 5.26 Å². The van der Waals surface area contributed by atoms with Gasteiger partial charge in [0.1, 0.15) is 11.8 Å². The van der Waals surface area contributed by atoms with Crippen molar-refractivity contribution in [1.82, 2.24) is 0 Å². The van der Waals surface area contributed by atoms with Gasteiger partial charge in [-0.15, -0.1) is 0 Å². The van der Waals surface area contributed by atoms with Gasteiger partial charge in [-0.25, -0.2) is 0 Å². The van der Waals surface area contributed by atoms with Gasteiger partial charge in [-0.2, -0.15) is 18.4 Å². The number of rotatable bonds is 4. The average molecular weight is 286 g/mol. The van der Waals surface area contributed by atoms with E-state index in [-0.39, 0.29) is 23.1 Å². The Balaban J connectivity index is 2.86. The standard InChI is InChI=1S/C13H13F3N2O2/c1-8(2)12(19)18-10-3-4-11(9(5-10)6-17)20-7-13(14,15)16/h3-5,8H,7H2,1-2H3,(H,18,19). The van der Waals surface area contributed by atoms with Crippen LogP contribution in [0.5, 0.6) is 5.75 Å². The molecule has 0 spiro atoms. The minimum absolute atomic E-state index is 0.0733. The number of alkyl halides is 3. The van der Waals surface area contributed by atoms with Crippen LogP contribution in [-0.2, 0) is 4.79 Å². The van der Waals surface area contributed by atoms with Crippen LogP contribution in [0.2, 0.25) is 0 Å². The van der Waals surface area contributed by atoms with Gasteiger partial charge < -0.3 is 10.1 Å². The van der Waals surface area contributed by atoms with Gasteiger partial charge in [0.15, 0.2) is 6.61 Å². The number of hydrogen-bond donors (Lipinski definition) is 1. The highest BCUT2D eigenvalue weighted by atomic mass is 19.4. The normalized spacial score (nSPS) is 11.1. The summed E-state index contributed by atoms with van der Waals surface area (Å²) >= 11 is 0. The Bertz CT molecular complexity index is 533. The minimum Gasteiger partial charge on any atom is -0.483 e. The van der Waals surface area contributed by atoms with E-state index in [1.807, 2.05) is 0 Å². The Hall–Kier alpha value is -2.23. The second-order valence-corrected chi connectivity index (χ2v) is 4.37. The molecule has 0 bridgehead atoms. The van der Waals surface area contributed by atoms with Gasteiger partial charge in [-0.1, -0.05) is 13.8 Å². The highest BCUT2D eigenvalue weighted by Crippen LogP contribution is 2.25. The van der Waals surface area contributed by atoms with Crippen molar-refractivity contribution in [3.05, 3.63) is 23.8 Å². The molecule has 0 aliphatic rings. The monoisotopic (exact) mass is 286 g/mol. The van der Waals surface area contributed by atoms with Crippen LogP contribution in [0.3, 0.4) is 0 Å². The van der Waals surface area contributed by atoms with Crippen LogP contribution in [0.4, 0.5) is 18.9 Å². The molecule has 1 amide bonds. The first-order chi connectivity index (χ1) is 9.23. The topological polar surface area (TPSA) is 62.1 Å². The molecule has 0 atom stereocenters. The molecule has 1 aromatic rings. The molecule has 0 radical (unpaired) electrons. The fraction of sp³-hybridized carbons (Fsp3) is 0.385. The van der Waals surface area contributed by atoms with Crippen LogP contribution in [-0.4, -0.2) is 18.7 Å². The maximum absolute atomic E-state index is 12.1. The number of amides is 1. The van der Waals surface area contributed by atoms with E-state index in [9.17, 15) is 18.0 Å². The zero-order chi connectivity index (χ0) is 15.3. The van der Waals surface area contributed by atoms with Crippen LogP contribution in [0.15, 0.2) is 18.2 Å². The Morgan fingerprint density at radius 2 is 2.10 bits per heavy atom. The Morgan fingerprint density at radius 1 is 1.45 bits per heavy atom. The molecule has 0 aromatic heterocycles. The van der Waals surface area contributed by atoms with Crippen molar-refractivity contribution < 1.29 is 22.7 Å². The Labute approximate surface area is 114 Å². The van der Waals surface area contributed by atoms with Gasteiger partial charge in [-0.3, -0.25) is 4.79 Å².